The first-order chi connectivity index (χ1) is 21.5. The van der Waals surface area contributed by atoms with E-state index < -0.39 is 0 Å². The highest BCUT2D eigenvalue weighted by Gasteiger charge is 2.18. The smallest absolute Gasteiger partial charge is 0.266 e. The number of anilines is 3. The number of aromatic nitrogens is 3. The number of ether oxygens (including phenoxy) is 2. The van der Waals surface area contributed by atoms with Gasteiger partial charge in [0.25, 0.3) is 5.56 Å². The summed E-state index contributed by atoms with van der Waals surface area (Å²) in [5, 5.41) is 2.82. The second-order valence-electron chi connectivity index (χ2n) is 10.7. The summed E-state index contributed by atoms with van der Waals surface area (Å²) in [5.41, 5.74) is 6.35. The third-order valence-electron chi connectivity index (χ3n) is 8.27. The topological polar surface area (TPSA) is 61.5 Å². The van der Waals surface area contributed by atoms with Crippen molar-refractivity contribution in [3.8, 4) is 17.2 Å². The quantitative estimate of drug-likeness (QED) is 0.190. The van der Waals surface area contributed by atoms with Gasteiger partial charge in [-0.3, -0.25) is 9.36 Å². The Hall–Kier alpha value is -5.56. The molecule has 0 aliphatic carbocycles. The predicted octanol–water partition coefficient (Wildman–Crippen LogP) is 8.31. The van der Waals surface area contributed by atoms with Crippen LogP contribution < -0.4 is 19.9 Å². The number of rotatable bonds is 7. The fourth-order valence-electron chi connectivity index (χ4n) is 6.16. The van der Waals surface area contributed by atoms with E-state index in [1.807, 2.05) is 79.7 Å². The Kier molecular flexibility index (Phi) is 6.78. The molecule has 218 valence electrons. The zero-order chi connectivity index (χ0) is 30.4. The number of hydrogen-bond donors (Lipinski definition) is 0. The Bertz CT molecular complexity index is 2170. The van der Waals surface area contributed by atoms with Gasteiger partial charge in [-0.2, -0.15) is 0 Å². The van der Waals surface area contributed by atoms with Gasteiger partial charge in [0.1, 0.15) is 17.3 Å². The van der Waals surface area contributed by atoms with E-state index >= 15 is 0 Å². The molecule has 7 rings (SSSR count). The van der Waals surface area contributed by atoms with Crippen LogP contribution in [0.5, 0.6) is 11.5 Å². The van der Waals surface area contributed by atoms with E-state index in [2.05, 4.69) is 52.8 Å². The van der Waals surface area contributed by atoms with Crippen LogP contribution in [0.2, 0.25) is 0 Å². The SMILES string of the molecule is CCn1c2ccccc2c2cc(-n3c(C)nc4ccc(N(c5ccc(OC)cc5)c5ccc(OC)cc5)cc4c3=O)ccc21. The van der Waals surface area contributed by atoms with E-state index in [0.29, 0.717) is 16.7 Å². The van der Waals surface area contributed by atoms with Crippen molar-refractivity contribution >= 4 is 49.8 Å². The van der Waals surface area contributed by atoms with Crippen molar-refractivity contribution in [1.82, 2.24) is 14.1 Å². The maximum Gasteiger partial charge on any atom is 0.266 e. The summed E-state index contributed by atoms with van der Waals surface area (Å²) in [7, 11) is 3.30. The first kappa shape index (κ1) is 27.3. The van der Waals surface area contributed by atoms with Gasteiger partial charge in [0.15, 0.2) is 0 Å². The monoisotopic (exact) mass is 580 g/mol. The normalized spacial score (nSPS) is 11.4. The fraction of sp³-hybridized carbons (Fsp3) is 0.135. The molecule has 0 saturated heterocycles. The number of benzene rings is 5. The fourth-order valence-corrected chi connectivity index (χ4v) is 6.16. The molecular formula is C37H32N4O3. The molecule has 0 aliphatic rings. The van der Waals surface area contributed by atoms with Crippen molar-refractivity contribution in [3.05, 3.63) is 125 Å². The predicted molar refractivity (Wildman–Crippen MR) is 179 cm³/mol. The van der Waals surface area contributed by atoms with Crippen LogP contribution in [-0.2, 0) is 6.54 Å². The maximum atomic E-state index is 14.3. The van der Waals surface area contributed by atoms with Gasteiger partial charge in [-0.25, -0.2) is 4.98 Å². The minimum Gasteiger partial charge on any atom is -0.497 e. The summed E-state index contributed by atoms with van der Waals surface area (Å²) in [6, 6.07) is 36.2. The maximum absolute atomic E-state index is 14.3. The second kappa shape index (κ2) is 10.9. The molecule has 0 bridgehead atoms. The Morgan fingerprint density at radius 3 is 1.93 bits per heavy atom. The molecular weight excluding hydrogens is 548 g/mol. The Morgan fingerprint density at radius 1 is 0.682 bits per heavy atom. The first-order valence-electron chi connectivity index (χ1n) is 14.6. The second-order valence-corrected chi connectivity index (χ2v) is 10.7. The molecule has 7 heteroatoms. The van der Waals surface area contributed by atoms with Crippen molar-refractivity contribution in [3.63, 3.8) is 0 Å². The van der Waals surface area contributed by atoms with Crippen molar-refractivity contribution in [1.29, 1.82) is 0 Å². The summed E-state index contributed by atoms with van der Waals surface area (Å²) in [6.45, 7) is 4.90. The first-order valence-corrected chi connectivity index (χ1v) is 14.6. The number of nitrogens with zero attached hydrogens (tertiary/aromatic N) is 4. The molecule has 2 heterocycles. The largest absolute Gasteiger partial charge is 0.497 e. The molecule has 0 aliphatic heterocycles. The van der Waals surface area contributed by atoms with Crippen LogP contribution in [0.1, 0.15) is 12.7 Å². The molecule has 7 nitrogen and oxygen atoms in total. The lowest BCUT2D eigenvalue weighted by molar-refractivity contribution is 0.415. The number of hydrogen-bond acceptors (Lipinski definition) is 5. The van der Waals surface area contributed by atoms with Gasteiger partial charge < -0.3 is 18.9 Å². The molecule has 0 saturated carbocycles. The van der Waals surface area contributed by atoms with Crippen LogP contribution in [0.15, 0.2) is 114 Å². The minimum atomic E-state index is -0.114. The molecule has 0 fully saturated rings. The van der Waals surface area contributed by atoms with E-state index in [9.17, 15) is 4.79 Å². The summed E-state index contributed by atoms with van der Waals surface area (Å²) in [6.07, 6.45) is 0. The summed E-state index contributed by atoms with van der Waals surface area (Å²) in [4.78, 5) is 21.3. The van der Waals surface area contributed by atoms with E-state index in [-0.39, 0.29) is 5.56 Å². The van der Waals surface area contributed by atoms with E-state index in [1.165, 1.54) is 10.9 Å². The molecule has 0 amide bonds. The number of para-hydroxylation sites is 1. The highest BCUT2D eigenvalue weighted by Crippen LogP contribution is 2.37. The lowest BCUT2D eigenvalue weighted by Gasteiger charge is -2.26. The van der Waals surface area contributed by atoms with Gasteiger partial charge in [-0.15, -0.1) is 0 Å². The van der Waals surface area contributed by atoms with E-state index in [4.69, 9.17) is 14.5 Å². The Balaban J connectivity index is 1.41. The molecule has 0 spiro atoms. The molecule has 2 aromatic heterocycles. The van der Waals surface area contributed by atoms with Gasteiger partial charge in [-0.05, 0) is 105 Å². The number of methoxy groups -OCH3 is 2. The zero-order valence-corrected chi connectivity index (χ0v) is 25.1. The van der Waals surface area contributed by atoms with Crippen molar-refractivity contribution in [2.75, 3.05) is 19.1 Å². The Labute approximate surface area is 255 Å². The lowest BCUT2D eigenvalue weighted by atomic mass is 10.1. The molecule has 0 atom stereocenters. The van der Waals surface area contributed by atoms with E-state index in [0.717, 1.165) is 51.7 Å². The van der Waals surface area contributed by atoms with Gasteiger partial charge in [0.2, 0.25) is 0 Å². The summed E-state index contributed by atoms with van der Waals surface area (Å²) < 4.78 is 14.8. The van der Waals surface area contributed by atoms with Crippen molar-refractivity contribution < 1.29 is 9.47 Å². The van der Waals surface area contributed by atoms with Crippen LogP contribution in [0, 0.1) is 6.92 Å². The highest BCUT2D eigenvalue weighted by atomic mass is 16.5. The van der Waals surface area contributed by atoms with Crippen LogP contribution >= 0.6 is 0 Å². The molecule has 44 heavy (non-hydrogen) atoms. The standard InChI is InChI=1S/C37H32N4O3/c1-5-39-35-9-7-6-8-31(35)32-22-27(15-21-36(32)39)40-24(2)38-34-20-14-28(23-33(34)37(40)42)41(25-10-16-29(43-3)17-11-25)26-12-18-30(44-4)19-13-26/h6-23H,5H2,1-4H3. The molecule has 7 aromatic rings. The van der Waals surface area contributed by atoms with Gasteiger partial charge in [-0.1, -0.05) is 18.2 Å². The minimum absolute atomic E-state index is 0.114. The van der Waals surface area contributed by atoms with Gasteiger partial charge >= 0.3 is 0 Å². The Morgan fingerprint density at radius 2 is 1.30 bits per heavy atom. The van der Waals surface area contributed by atoms with Gasteiger partial charge in [0, 0.05) is 45.4 Å². The highest BCUT2D eigenvalue weighted by molar-refractivity contribution is 6.08. The zero-order valence-electron chi connectivity index (χ0n) is 25.1. The van der Waals surface area contributed by atoms with Crippen LogP contribution in [-0.4, -0.2) is 28.3 Å². The summed E-state index contributed by atoms with van der Waals surface area (Å²) in [5.74, 6) is 2.17. The van der Waals surface area contributed by atoms with Crippen molar-refractivity contribution in [2.24, 2.45) is 0 Å². The van der Waals surface area contributed by atoms with Gasteiger partial charge in [0.05, 0.1) is 30.8 Å². The third kappa shape index (κ3) is 4.45. The van der Waals surface area contributed by atoms with Crippen LogP contribution in [0.4, 0.5) is 17.1 Å². The summed E-state index contributed by atoms with van der Waals surface area (Å²) >= 11 is 0. The molecule has 0 unspecified atom stereocenters. The lowest BCUT2D eigenvalue weighted by Crippen LogP contribution is -2.22. The van der Waals surface area contributed by atoms with Crippen LogP contribution in [0.25, 0.3) is 38.4 Å². The molecule has 0 N–H and O–H groups in total. The number of aryl methyl sites for hydroxylation is 2. The molecule has 5 aromatic carbocycles. The van der Waals surface area contributed by atoms with Crippen molar-refractivity contribution in [2.45, 2.75) is 20.4 Å². The number of fused-ring (bicyclic) bond motifs is 4. The molecule has 0 radical (unpaired) electrons. The third-order valence-corrected chi connectivity index (χ3v) is 8.27. The average molecular weight is 581 g/mol. The van der Waals surface area contributed by atoms with E-state index in [1.54, 1.807) is 18.8 Å². The average Bonchev–Trinajstić information content (AvgIpc) is 3.39. The van der Waals surface area contributed by atoms with Crippen LogP contribution in [0.3, 0.4) is 0 Å².